The lowest BCUT2D eigenvalue weighted by atomic mass is 9.98. The van der Waals surface area contributed by atoms with Crippen molar-refractivity contribution in [2.75, 3.05) is 13.7 Å². The number of likely N-dealkylation sites (tertiary alicyclic amines) is 1. The summed E-state index contributed by atoms with van der Waals surface area (Å²) in [6.45, 7) is 2.09. The van der Waals surface area contributed by atoms with E-state index in [1.807, 2.05) is 12.1 Å². The molecule has 2 aromatic rings. The second-order valence-electron chi connectivity index (χ2n) is 6.03. The molecule has 6 heteroatoms. The number of furan rings is 1. The van der Waals surface area contributed by atoms with Gasteiger partial charge in [0, 0.05) is 23.6 Å². The number of benzene rings is 1. The number of hydrogen-bond acceptors (Lipinski definition) is 4. The van der Waals surface area contributed by atoms with Gasteiger partial charge in [-0.05, 0) is 31.9 Å². The maximum absolute atomic E-state index is 12.6. The Morgan fingerprint density at radius 2 is 2.22 bits per heavy atom. The Morgan fingerprint density at radius 3 is 2.91 bits per heavy atom. The van der Waals surface area contributed by atoms with E-state index in [9.17, 15) is 14.7 Å². The standard InChI is InChI=1S/C17H19NO5/c1-17(16(20)21)6-3-7-18(17)15(19)8-11-10-23-14-9-12(22-2)4-5-13(11)14/h4-5,9-10H,3,6-8H2,1-2H3,(H,20,21). The quantitative estimate of drug-likeness (QED) is 0.937. The first kappa shape index (κ1) is 15.4. The maximum atomic E-state index is 12.6. The third-order valence-corrected chi connectivity index (χ3v) is 4.61. The van der Waals surface area contributed by atoms with Gasteiger partial charge in [-0.25, -0.2) is 4.79 Å². The molecule has 1 aromatic heterocycles. The van der Waals surface area contributed by atoms with Crippen molar-refractivity contribution in [2.45, 2.75) is 31.7 Å². The van der Waals surface area contributed by atoms with Crippen molar-refractivity contribution in [1.29, 1.82) is 0 Å². The number of nitrogens with zero attached hydrogens (tertiary/aromatic N) is 1. The number of rotatable bonds is 4. The van der Waals surface area contributed by atoms with Gasteiger partial charge in [-0.1, -0.05) is 0 Å². The van der Waals surface area contributed by atoms with Crippen molar-refractivity contribution < 1.29 is 23.8 Å². The van der Waals surface area contributed by atoms with Crippen LogP contribution in [-0.2, 0) is 16.0 Å². The zero-order chi connectivity index (χ0) is 16.6. The molecule has 0 aliphatic carbocycles. The first-order chi connectivity index (χ1) is 11.0. The minimum absolute atomic E-state index is 0.127. The highest BCUT2D eigenvalue weighted by Crippen LogP contribution is 2.31. The van der Waals surface area contributed by atoms with Crippen LogP contribution in [0.5, 0.6) is 5.75 Å². The van der Waals surface area contributed by atoms with Gasteiger partial charge in [0.05, 0.1) is 19.8 Å². The summed E-state index contributed by atoms with van der Waals surface area (Å²) in [5.41, 5.74) is 0.293. The average Bonchev–Trinajstić information content (AvgIpc) is 3.11. The third-order valence-electron chi connectivity index (χ3n) is 4.61. The van der Waals surface area contributed by atoms with Gasteiger partial charge in [0.1, 0.15) is 16.9 Å². The summed E-state index contributed by atoms with van der Waals surface area (Å²) in [6, 6.07) is 5.42. The van der Waals surface area contributed by atoms with Gasteiger partial charge in [-0.15, -0.1) is 0 Å². The molecule has 0 bridgehead atoms. The Morgan fingerprint density at radius 1 is 1.43 bits per heavy atom. The van der Waals surface area contributed by atoms with E-state index in [2.05, 4.69) is 0 Å². The summed E-state index contributed by atoms with van der Waals surface area (Å²) >= 11 is 0. The summed E-state index contributed by atoms with van der Waals surface area (Å²) in [5, 5.41) is 10.3. The van der Waals surface area contributed by atoms with E-state index in [1.54, 1.807) is 26.4 Å². The van der Waals surface area contributed by atoms with Gasteiger partial charge < -0.3 is 19.2 Å². The van der Waals surface area contributed by atoms with Crippen molar-refractivity contribution in [3.8, 4) is 5.75 Å². The van der Waals surface area contributed by atoms with Crippen LogP contribution in [0.3, 0.4) is 0 Å². The van der Waals surface area contributed by atoms with E-state index >= 15 is 0 Å². The zero-order valence-electron chi connectivity index (χ0n) is 13.2. The number of carbonyl (C=O) groups is 2. The third kappa shape index (κ3) is 2.54. The lowest BCUT2D eigenvalue weighted by Gasteiger charge is -2.31. The van der Waals surface area contributed by atoms with Crippen LogP contribution in [0.1, 0.15) is 25.3 Å². The molecule has 0 saturated carbocycles. The Labute approximate surface area is 133 Å². The summed E-state index contributed by atoms with van der Waals surface area (Å²) < 4.78 is 10.6. The molecule has 3 rings (SSSR count). The van der Waals surface area contributed by atoms with E-state index in [-0.39, 0.29) is 12.3 Å². The van der Waals surface area contributed by atoms with Crippen LogP contribution in [0, 0.1) is 0 Å². The minimum atomic E-state index is -1.11. The molecule has 2 heterocycles. The van der Waals surface area contributed by atoms with Gasteiger partial charge in [0.25, 0.3) is 0 Å². The van der Waals surface area contributed by atoms with Gasteiger partial charge >= 0.3 is 5.97 Å². The van der Waals surface area contributed by atoms with E-state index in [0.29, 0.717) is 30.7 Å². The molecule has 1 aliphatic heterocycles. The van der Waals surface area contributed by atoms with Gasteiger partial charge in [0.15, 0.2) is 0 Å². The molecule has 1 fully saturated rings. The van der Waals surface area contributed by atoms with Crippen LogP contribution in [0.25, 0.3) is 11.0 Å². The molecule has 23 heavy (non-hydrogen) atoms. The number of hydrogen-bond donors (Lipinski definition) is 1. The minimum Gasteiger partial charge on any atom is -0.497 e. The predicted molar refractivity (Wildman–Crippen MR) is 83.5 cm³/mol. The Balaban J connectivity index is 1.84. The Bertz CT molecular complexity index is 765. The largest absolute Gasteiger partial charge is 0.497 e. The second-order valence-corrected chi connectivity index (χ2v) is 6.03. The van der Waals surface area contributed by atoms with Crippen LogP contribution in [0.15, 0.2) is 28.9 Å². The Hall–Kier alpha value is -2.50. The normalized spacial score (nSPS) is 20.9. The molecule has 1 aromatic carbocycles. The monoisotopic (exact) mass is 317 g/mol. The molecule has 1 aliphatic rings. The molecular formula is C17H19NO5. The molecule has 1 atom stereocenters. The fraction of sp³-hybridized carbons (Fsp3) is 0.412. The predicted octanol–water partition coefficient (Wildman–Crippen LogP) is 2.45. The summed E-state index contributed by atoms with van der Waals surface area (Å²) in [4.78, 5) is 25.6. The van der Waals surface area contributed by atoms with Crippen molar-refractivity contribution >= 4 is 22.8 Å². The molecule has 1 amide bonds. The highest BCUT2D eigenvalue weighted by Gasteiger charge is 2.45. The van der Waals surface area contributed by atoms with Gasteiger partial charge in [-0.2, -0.15) is 0 Å². The van der Waals surface area contributed by atoms with Crippen LogP contribution in [0.4, 0.5) is 0 Å². The van der Waals surface area contributed by atoms with E-state index < -0.39 is 11.5 Å². The first-order valence-electron chi connectivity index (χ1n) is 7.53. The number of amides is 1. The number of ether oxygens (including phenoxy) is 1. The lowest BCUT2D eigenvalue weighted by molar-refractivity contribution is -0.155. The number of fused-ring (bicyclic) bond motifs is 1. The fourth-order valence-electron chi connectivity index (χ4n) is 3.17. The molecule has 122 valence electrons. The van der Waals surface area contributed by atoms with Gasteiger partial charge in [-0.3, -0.25) is 4.79 Å². The second kappa shape index (κ2) is 5.61. The van der Waals surface area contributed by atoms with E-state index in [1.165, 1.54) is 4.90 Å². The van der Waals surface area contributed by atoms with Crippen LogP contribution >= 0.6 is 0 Å². The van der Waals surface area contributed by atoms with Crippen LogP contribution in [-0.4, -0.2) is 41.1 Å². The molecule has 1 unspecified atom stereocenters. The summed E-state index contributed by atoms with van der Waals surface area (Å²) in [5.74, 6) is -0.459. The summed E-state index contributed by atoms with van der Waals surface area (Å²) in [6.07, 6.45) is 2.87. The lowest BCUT2D eigenvalue weighted by Crippen LogP contribution is -2.51. The molecule has 1 saturated heterocycles. The highest BCUT2D eigenvalue weighted by molar-refractivity contribution is 5.91. The fourth-order valence-corrected chi connectivity index (χ4v) is 3.17. The van der Waals surface area contributed by atoms with Crippen molar-refractivity contribution in [3.05, 3.63) is 30.0 Å². The van der Waals surface area contributed by atoms with E-state index in [0.717, 1.165) is 10.9 Å². The Kier molecular flexibility index (Phi) is 3.75. The smallest absolute Gasteiger partial charge is 0.329 e. The molecule has 0 spiro atoms. The number of carboxylic acids is 1. The molecule has 0 radical (unpaired) electrons. The molecule has 6 nitrogen and oxygen atoms in total. The van der Waals surface area contributed by atoms with E-state index in [4.69, 9.17) is 9.15 Å². The molecular weight excluding hydrogens is 298 g/mol. The highest BCUT2D eigenvalue weighted by atomic mass is 16.5. The van der Waals surface area contributed by atoms with Gasteiger partial charge in [0.2, 0.25) is 5.91 Å². The van der Waals surface area contributed by atoms with Crippen molar-refractivity contribution in [3.63, 3.8) is 0 Å². The number of carboxylic acid groups (broad SMARTS) is 1. The van der Waals surface area contributed by atoms with Crippen LogP contribution in [0.2, 0.25) is 0 Å². The topological polar surface area (TPSA) is 80.0 Å². The molecule has 1 N–H and O–H groups in total. The SMILES string of the molecule is COc1ccc2c(CC(=O)N3CCCC3(C)C(=O)O)coc2c1. The van der Waals surface area contributed by atoms with Crippen molar-refractivity contribution in [2.24, 2.45) is 0 Å². The zero-order valence-corrected chi connectivity index (χ0v) is 13.2. The average molecular weight is 317 g/mol. The maximum Gasteiger partial charge on any atom is 0.329 e. The van der Waals surface area contributed by atoms with Crippen molar-refractivity contribution in [1.82, 2.24) is 4.90 Å². The first-order valence-corrected chi connectivity index (χ1v) is 7.53. The summed E-state index contributed by atoms with van der Waals surface area (Å²) in [7, 11) is 1.58. The number of carbonyl (C=O) groups excluding carboxylic acids is 1. The van der Waals surface area contributed by atoms with Crippen LogP contribution < -0.4 is 4.74 Å². The number of methoxy groups -OCH3 is 1. The number of aliphatic carboxylic acids is 1.